The van der Waals surface area contributed by atoms with E-state index in [1.54, 1.807) is 6.08 Å². The third-order valence-corrected chi connectivity index (χ3v) is 13.8. The summed E-state index contributed by atoms with van der Waals surface area (Å²) < 4.78 is 10.4. The predicted octanol–water partition coefficient (Wildman–Crippen LogP) is 7.59. The van der Waals surface area contributed by atoms with Crippen LogP contribution in [0.2, 0.25) is 0 Å². The van der Waals surface area contributed by atoms with Crippen LogP contribution in [-0.4, -0.2) is 50.3 Å². The first kappa shape index (κ1) is 37.8. The summed E-state index contributed by atoms with van der Waals surface area (Å²) in [5.41, 5.74) is 3.95. The number of fused-ring (bicyclic) bond motifs is 6. The Morgan fingerprint density at radius 2 is 1.22 bits per heavy atom. The van der Waals surface area contributed by atoms with Gasteiger partial charge < -0.3 is 9.47 Å². The topological polar surface area (TPSA) is 121 Å². The number of Topliss-reactive ketones (excluding diaryl/α,β-unsaturated/α-hetero) is 1. The zero-order chi connectivity index (χ0) is 36.8. The summed E-state index contributed by atoms with van der Waals surface area (Å²) in [5, 5.41) is 0. The van der Waals surface area contributed by atoms with Crippen molar-refractivity contribution < 1.29 is 38.2 Å². The highest BCUT2D eigenvalue weighted by molar-refractivity contribution is 6.00. The summed E-state index contributed by atoms with van der Waals surface area (Å²) in [6.07, 6.45) is 13.3. The quantitative estimate of drug-likeness (QED) is 0.159. The fourth-order valence-corrected chi connectivity index (χ4v) is 10.7. The Hall–Kier alpha value is -3.42. The Labute approximate surface area is 297 Å². The van der Waals surface area contributed by atoms with E-state index in [9.17, 15) is 28.8 Å². The Balaban J connectivity index is 0.000000194. The third-order valence-electron chi connectivity index (χ3n) is 13.8. The van der Waals surface area contributed by atoms with E-state index in [2.05, 4.69) is 27.7 Å². The van der Waals surface area contributed by atoms with Gasteiger partial charge in [0.2, 0.25) is 0 Å². The molecule has 0 saturated heterocycles. The van der Waals surface area contributed by atoms with Gasteiger partial charge in [-0.05, 0) is 123 Å². The summed E-state index contributed by atoms with van der Waals surface area (Å²) in [7, 11) is 2.92. The molecule has 0 radical (unpaired) electrons. The van der Waals surface area contributed by atoms with Crippen LogP contribution < -0.4 is 0 Å². The molecule has 0 aromatic heterocycles. The van der Waals surface area contributed by atoms with Crippen LogP contribution in [0.3, 0.4) is 0 Å². The molecular weight excluding hydrogens is 632 g/mol. The van der Waals surface area contributed by atoms with Gasteiger partial charge in [0.05, 0.1) is 25.0 Å². The van der Waals surface area contributed by atoms with Gasteiger partial charge in [0.1, 0.15) is 18.4 Å². The number of esters is 2. The lowest BCUT2D eigenvalue weighted by molar-refractivity contribution is -0.155. The van der Waals surface area contributed by atoms with Crippen molar-refractivity contribution in [2.75, 3.05) is 14.2 Å². The van der Waals surface area contributed by atoms with Crippen LogP contribution in [0.5, 0.6) is 0 Å². The van der Waals surface area contributed by atoms with Crippen molar-refractivity contribution in [2.24, 2.45) is 45.3 Å². The summed E-state index contributed by atoms with van der Waals surface area (Å²) >= 11 is 0. The Kier molecular flexibility index (Phi) is 10.6. The molecule has 6 rings (SSSR count). The van der Waals surface area contributed by atoms with Gasteiger partial charge in [-0.1, -0.05) is 58.8 Å². The van der Waals surface area contributed by atoms with Gasteiger partial charge in [0, 0.05) is 17.3 Å². The summed E-state index contributed by atoms with van der Waals surface area (Å²) in [5.74, 6) is 0.563. The van der Waals surface area contributed by atoms with Crippen LogP contribution in [0.4, 0.5) is 0 Å². The molecule has 272 valence electrons. The molecule has 0 N–H and O–H groups in total. The lowest BCUT2D eigenvalue weighted by Gasteiger charge is -2.48. The van der Waals surface area contributed by atoms with E-state index in [4.69, 9.17) is 9.47 Å². The largest absolute Gasteiger partial charge is 0.468 e. The Bertz CT molecular complexity index is 1600. The molecule has 0 spiro atoms. The molecule has 0 aliphatic heterocycles. The van der Waals surface area contributed by atoms with Crippen molar-refractivity contribution in [3.05, 3.63) is 45.6 Å². The normalized spacial score (nSPS) is 35.0. The second kappa shape index (κ2) is 14.0. The number of ether oxygens (including phenoxy) is 2. The van der Waals surface area contributed by atoms with Crippen molar-refractivity contribution in [3.63, 3.8) is 0 Å². The monoisotopic (exact) mass is 688 g/mol. The number of rotatable bonds is 6. The molecule has 0 aromatic carbocycles. The molecule has 8 heteroatoms. The van der Waals surface area contributed by atoms with Crippen molar-refractivity contribution in [2.45, 2.75) is 119 Å². The highest BCUT2D eigenvalue weighted by Crippen LogP contribution is 2.64. The van der Waals surface area contributed by atoms with E-state index in [-0.39, 0.29) is 41.8 Å². The molecule has 2 saturated carbocycles. The molecule has 6 aliphatic carbocycles. The number of ketones is 2. The summed E-state index contributed by atoms with van der Waals surface area (Å²) in [6, 6.07) is 0. The maximum atomic E-state index is 13.0. The number of carbonyl (C=O) groups excluding carboxylic acids is 6. The molecule has 0 aromatic rings. The number of methoxy groups -OCH3 is 2. The second-order valence-corrected chi connectivity index (χ2v) is 16.7. The molecule has 0 unspecified atom stereocenters. The third kappa shape index (κ3) is 5.82. The second-order valence-electron chi connectivity index (χ2n) is 16.7. The van der Waals surface area contributed by atoms with Crippen molar-refractivity contribution >= 4 is 36.1 Å². The Morgan fingerprint density at radius 3 is 1.70 bits per heavy atom. The molecule has 0 bridgehead atoms. The lowest BCUT2D eigenvalue weighted by atomic mass is 9.54. The van der Waals surface area contributed by atoms with E-state index in [0.717, 1.165) is 55.8 Å². The first-order valence-electron chi connectivity index (χ1n) is 18.6. The minimum atomic E-state index is -0.571. The smallest absolute Gasteiger partial charge is 0.315 e. The zero-order valence-electron chi connectivity index (χ0n) is 31.4. The Morgan fingerprint density at radius 1 is 0.720 bits per heavy atom. The first-order valence-corrected chi connectivity index (χ1v) is 18.6. The van der Waals surface area contributed by atoms with Crippen molar-refractivity contribution in [3.8, 4) is 0 Å². The van der Waals surface area contributed by atoms with Crippen LogP contribution in [-0.2, 0) is 38.2 Å². The van der Waals surface area contributed by atoms with Gasteiger partial charge in [-0.3, -0.25) is 28.8 Å². The molecular formula is C42H56O8. The minimum Gasteiger partial charge on any atom is -0.468 e. The van der Waals surface area contributed by atoms with Gasteiger partial charge in [-0.25, -0.2) is 0 Å². The number of allylic oxidation sites excluding steroid dienone is 6. The van der Waals surface area contributed by atoms with Crippen LogP contribution in [0.1, 0.15) is 119 Å². The standard InChI is InChI=1S/2C21H28O4/c2*1-13(2)15-7-8-21(19(24)25-4)10-9-20(3)16(18(15)21)6-5-14(12-22)11-17(20)23/h11-13,16H,5-10H2,1-4H3;5,12-13,16H,6-11H2,1-4H3/t2*16-,20-,21+/m11/s1. The molecule has 0 amide bonds. The number of hydrogen-bond donors (Lipinski definition) is 0. The van der Waals surface area contributed by atoms with E-state index in [1.807, 2.05) is 19.9 Å². The maximum absolute atomic E-state index is 13.0. The molecule has 50 heavy (non-hydrogen) atoms. The van der Waals surface area contributed by atoms with Gasteiger partial charge >= 0.3 is 11.9 Å². The fourth-order valence-electron chi connectivity index (χ4n) is 10.7. The van der Waals surface area contributed by atoms with Gasteiger partial charge in [0.15, 0.2) is 5.78 Å². The van der Waals surface area contributed by atoms with E-state index in [1.165, 1.54) is 25.4 Å². The van der Waals surface area contributed by atoms with Gasteiger partial charge in [-0.15, -0.1) is 0 Å². The SMILES string of the molecule is COC(=O)[C@]12CCC(C(C)C)=C1[C@H]1CC=C(C=O)CC(=O)[C@]1(C)CC2.COC(=O)[C@]12CCC(C(C)C)=C1[C@H]1CCC(C=O)=CC(=O)[C@]1(C)CC2. The van der Waals surface area contributed by atoms with Gasteiger partial charge in [0.25, 0.3) is 0 Å². The van der Waals surface area contributed by atoms with Crippen molar-refractivity contribution in [1.29, 1.82) is 0 Å². The molecule has 6 atom stereocenters. The average molecular weight is 689 g/mol. The summed E-state index contributed by atoms with van der Waals surface area (Å²) in [4.78, 5) is 74.1. The maximum Gasteiger partial charge on any atom is 0.315 e. The number of aldehydes is 2. The minimum absolute atomic E-state index is 0.00907. The highest BCUT2D eigenvalue weighted by Gasteiger charge is 2.61. The average Bonchev–Trinajstić information content (AvgIpc) is 3.63. The van der Waals surface area contributed by atoms with Gasteiger partial charge in [-0.2, -0.15) is 0 Å². The van der Waals surface area contributed by atoms with Crippen LogP contribution in [0, 0.1) is 45.3 Å². The summed E-state index contributed by atoms with van der Waals surface area (Å²) in [6.45, 7) is 12.7. The van der Waals surface area contributed by atoms with Crippen LogP contribution in [0.25, 0.3) is 0 Å². The zero-order valence-corrected chi connectivity index (χ0v) is 31.4. The van der Waals surface area contributed by atoms with E-state index in [0.29, 0.717) is 61.5 Å². The predicted molar refractivity (Wildman–Crippen MR) is 190 cm³/mol. The van der Waals surface area contributed by atoms with Crippen LogP contribution in [0.15, 0.2) is 45.6 Å². The van der Waals surface area contributed by atoms with Crippen LogP contribution >= 0.6 is 0 Å². The van der Waals surface area contributed by atoms with Crippen molar-refractivity contribution in [1.82, 2.24) is 0 Å². The molecule has 6 aliphatic rings. The highest BCUT2D eigenvalue weighted by atomic mass is 16.5. The fraction of sp³-hybridized carbons (Fsp3) is 0.667. The van der Waals surface area contributed by atoms with E-state index < -0.39 is 21.7 Å². The molecule has 2 fully saturated rings. The molecule has 0 heterocycles. The lowest BCUT2D eigenvalue weighted by Crippen LogP contribution is -2.48. The number of hydrogen-bond acceptors (Lipinski definition) is 8. The van der Waals surface area contributed by atoms with E-state index >= 15 is 0 Å². The first-order chi connectivity index (χ1) is 23.6. The number of carbonyl (C=O) groups is 6. The molecule has 8 nitrogen and oxygen atoms in total.